The number of ether oxygens (including phenoxy) is 2. The minimum atomic E-state index is -1.14. The molecule has 0 aromatic heterocycles. The number of aliphatic hydroxyl groups is 1. The van der Waals surface area contributed by atoms with Crippen LogP contribution in [0, 0.1) is 30.6 Å². The van der Waals surface area contributed by atoms with Gasteiger partial charge in [-0.15, -0.1) is 0 Å². The number of aromatic hydroxyl groups is 1. The van der Waals surface area contributed by atoms with Crippen LogP contribution in [0.5, 0.6) is 5.75 Å². The predicted molar refractivity (Wildman–Crippen MR) is 165 cm³/mol. The molecule has 4 N–H and O–H groups in total. The minimum Gasteiger partial charge on any atom is -0.507 e. The average molecular weight is 590 g/mol. The van der Waals surface area contributed by atoms with Gasteiger partial charge >= 0.3 is 5.97 Å². The van der Waals surface area contributed by atoms with Gasteiger partial charge in [-0.3, -0.25) is 0 Å². The number of benzene rings is 1. The summed E-state index contributed by atoms with van der Waals surface area (Å²) >= 11 is 0. The molecular formula is C34H55NO7. The van der Waals surface area contributed by atoms with Gasteiger partial charge in [0.15, 0.2) is 0 Å². The van der Waals surface area contributed by atoms with Gasteiger partial charge < -0.3 is 30.0 Å². The molecule has 0 amide bonds. The normalized spacial score (nSPS) is 32.5. The number of carboxylic acids is 1. The lowest BCUT2D eigenvalue weighted by atomic mass is 9.76. The molecular weight excluding hydrogens is 534 g/mol. The largest absolute Gasteiger partial charge is 0.507 e. The number of oxime groups is 1. The van der Waals surface area contributed by atoms with Crippen molar-refractivity contribution < 1.29 is 34.8 Å². The Labute approximate surface area is 252 Å². The summed E-state index contributed by atoms with van der Waals surface area (Å²) < 4.78 is 13.5. The number of aromatic carboxylic acids is 1. The quantitative estimate of drug-likeness (QED) is 0.109. The zero-order valence-electron chi connectivity index (χ0n) is 27.0. The van der Waals surface area contributed by atoms with Crippen molar-refractivity contribution in [2.45, 2.75) is 143 Å². The molecule has 2 saturated heterocycles. The second-order valence-electron chi connectivity index (χ2n) is 13.3. The second-order valence-corrected chi connectivity index (χ2v) is 13.3. The highest BCUT2D eigenvalue weighted by molar-refractivity contribution is 5.93. The van der Waals surface area contributed by atoms with Crippen molar-refractivity contribution in [3.63, 3.8) is 0 Å². The van der Waals surface area contributed by atoms with Gasteiger partial charge in [0, 0.05) is 0 Å². The second kappa shape index (κ2) is 14.1. The van der Waals surface area contributed by atoms with E-state index in [9.17, 15) is 25.3 Å². The summed E-state index contributed by atoms with van der Waals surface area (Å²) in [5.74, 6) is -0.767. The smallest absolute Gasteiger partial charge is 0.339 e. The van der Waals surface area contributed by atoms with E-state index < -0.39 is 11.6 Å². The molecule has 9 unspecified atom stereocenters. The minimum absolute atomic E-state index is 0.0123. The van der Waals surface area contributed by atoms with E-state index in [1.807, 2.05) is 20.8 Å². The Bertz CT molecular complexity index is 1110. The standard InChI is InChI=1S/C34H55NO7/c1-9-25(31-23(7)19-34(11-3,42-31)27-16-17-33(39,10-2)24(8)41-27)18-22(6)29(35-40)20(4)12-14-26-15-13-21(5)30(36)28(26)32(37)38/h13,15,20,22-25,27,31,36,39-40H,9-12,14,16-19H2,1-8H3,(H,37,38). The maximum atomic E-state index is 11.8. The van der Waals surface area contributed by atoms with Gasteiger partial charge in [0.2, 0.25) is 0 Å². The van der Waals surface area contributed by atoms with Gasteiger partial charge in [0.05, 0.1) is 35.2 Å². The SMILES string of the molecule is CCC(CC(C)C(=NO)C(C)CCc1ccc(C)c(O)c1C(=O)O)C1OC(CC)(C2CCC(O)(CC)C(C)O2)CC1C. The van der Waals surface area contributed by atoms with Gasteiger partial charge in [-0.25, -0.2) is 4.79 Å². The molecule has 8 nitrogen and oxygen atoms in total. The Morgan fingerprint density at radius 3 is 2.38 bits per heavy atom. The molecule has 42 heavy (non-hydrogen) atoms. The predicted octanol–water partition coefficient (Wildman–Crippen LogP) is 7.13. The van der Waals surface area contributed by atoms with E-state index in [1.54, 1.807) is 19.1 Å². The third kappa shape index (κ3) is 6.97. The van der Waals surface area contributed by atoms with E-state index in [0.717, 1.165) is 38.5 Å². The van der Waals surface area contributed by atoms with Crippen LogP contribution < -0.4 is 0 Å². The van der Waals surface area contributed by atoms with Crippen LogP contribution in [0.3, 0.4) is 0 Å². The summed E-state index contributed by atoms with van der Waals surface area (Å²) in [5, 5.41) is 44.7. The highest BCUT2D eigenvalue weighted by Crippen LogP contribution is 2.48. The molecule has 2 aliphatic heterocycles. The van der Waals surface area contributed by atoms with Crippen molar-refractivity contribution in [3.05, 3.63) is 28.8 Å². The third-order valence-electron chi connectivity index (χ3n) is 10.7. The first-order valence-electron chi connectivity index (χ1n) is 16.1. The Hall–Kier alpha value is -2.16. The van der Waals surface area contributed by atoms with Crippen LogP contribution in [0.15, 0.2) is 17.3 Å². The number of nitrogens with zero attached hydrogens (tertiary/aromatic N) is 1. The van der Waals surface area contributed by atoms with Gasteiger partial charge in [-0.05, 0) is 100 Å². The Balaban J connectivity index is 1.68. The van der Waals surface area contributed by atoms with Crippen molar-refractivity contribution >= 4 is 11.7 Å². The van der Waals surface area contributed by atoms with Crippen molar-refractivity contribution in [3.8, 4) is 5.75 Å². The molecule has 0 saturated carbocycles. The average Bonchev–Trinajstić information content (AvgIpc) is 3.31. The zero-order valence-corrected chi connectivity index (χ0v) is 27.0. The lowest BCUT2D eigenvalue weighted by Gasteiger charge is -2.47. The number of carbonyl (C=O) groups is 1. The molecule has 2 heterocycles. The lowest BCUT2D eigenvalue weighted by Crippen LogP contribution is -2.55. The molecule has 1 aromatic rings. The summed E-state index contributed by atoms with van der Waals surface area (Å²) in [6.07, 6.45) is 6.56. The van der Waals surface area contributed by atoms with Crippen molar-refractivity contribution in [1.82, 2.24) is 0 Å². The molecule has 0 radical (unpaired) electrons. The Kier molecular flexibility index (Phi) is 11.5. The highest BCUT2D eigenvalue weighted by Gasteiger charge is 2.54. The fourth-order valence-electron chi connectivity index (χ4n) is 7.69. The summed E-state index contributed by atoms with van der Waals surface area (Å²) in [6, 6.07) is 3.50. The van der Waals surface area contributed by atoms with E-state index in [1.165, 1.54) is 0 Å². The fraction of sp³-hybridized carbons (Fsp3) is 0.765. The molecule has 2 aliphatic rings. The number of rotatable bonds is 13. The summed E-state index contributed by atoms with van der Waals surface area (Å²) in [6.45, 7) is 16.4. The van der Waals surface area contributed by atoms with Gasteiger partial charge in [-0.1, -0.05) is 65.3 Å². The van der Waals surface area contributed by atoms with Crippen LogP contribution in [0.4, 0.5) is 0 Å². The Morgan fingerprint density at radius 1 is 1.14 bits per heavy atom. The van der Waals surface area contributed by atoms with Crippen LogP contribution in [0.2, 0.25) is 0 Å². The molecule has 0 aliphatic carbocycles. The molecule has 9 atom stereocenters. The van der Waals surface area contributed by atoms with E-state index in [4.69, 9.17) is 9.47 Å². The Morgan fingerprint density at radius 2 is 1.83 bits per heavy atom. The van der Waals surface area contributed by atoms with E-state index >= 15 is 0 Å². The first-order chi connectivity index (χ1) is 19.8. The maximum absolute atomic E-state index is 11.8. The summed E-state index contributed by atoms with van der Waals surface area (Å²) in [5.41, 5.74) is 0.622. The first kappa shape index (κ1) is 34.3. The van der Waals surface area contributed by atoms with Crippen LogP contribution in [-0.4, -0.2) is 61.7 Å². The van der Waals surface area contributed by atoms with E-state index in [2.05, 4.69) is 32.9 Å². The van der Waals surface area contributed by atoms with E-state index in [-0.39, 0.29) is 53.0 Å². The van der Waals surface area contributed by atoms with Gasteiger partial charge in [0.1, 0.15) is 11.3 Å². The molecule has 0 spiro atoms. The van der Waals surface area contributed by atoms with E-state index in [0.29, 0.717) is 42.0 Å². The fourth-order valence-corrected chi connectivity index (χ4v) is 7.69. The monoisotopic (exact) mass is 589 g/mol. The number of aryl methyl sites for hydroxylation is 2. The van der Waals surface area contributed by atoms with Crippen LogP contribution in [0.25, 0.3) is 0 Å². The first-order valence-corrected chi connectivity index (χ1v) is 16.1. The van der Waals surface area contributed by atoms with Crippen molar-refractivity contribution in [2.75, 3.05) is 0 Å². The summed E-state index contributed by atoms with van der Waals surface area (Å²) in [7, 11) is 0. The molecule has 3 rings (SSSR count). The van der Waals surface area contributed by atoms with Crippen LogP contribution >= 0.6 is 0 Å². The van der Waals surface area contributed by atoms with Crippen LogP contribution in [0.1, 0.15) is 121 Å². The molecule has 8 heteroatoms. The highest BCUT2D eigenvalue weighted by atomic mass is 16.6. The number of phenols is 1. The van der Waals surface area contributed by atoms with Gasteiger partial charge in [-0.2, -0.15) is 0 Å². The molecule has 0 bridgehead atoms. The van der Waals surface area contributed by atoms with Crippen molar-refractivity contribution in [2.24, 2.45) is 28.8 Å². The topological polar surface area (TPSA) is 129 Å². The van der Waals surface area contributed by atoms with Crippen molar-refractivity contribution in [1.29, 1.82) is 0 Å². The number of hydrogen-bond acceptors (Lipinski definition) is 7. The lowest BCUT2D eigenvalue weighted by molar-refractivity contribution is -0.230. The third-order valence-corrected chi connectivity index (χ3v) is 10.7. The number of hydrogen-bond donors (Lipinski definition) is 4. The number of carboxylic acid groups (broad SMARTS) is 1. The molecule has 238 valence electrons. The molecule has 2 fully saturated rings. The zero-order chi connectivity index (χ0) is 31.4. The maximum Gasteiger partial charge on any atom is 0.339 e. The van der Waals surface area contributed by atoms with Crippen LogP contribution in [-0.2, 0) is 15.9 Å². The summed E-state index contributed by atoms with van der Waals surface area (Å²) in [4.78, 5) is 11.8. The molecule has 1 aromatic carbocycles. The van der Waals surface area contributed by atoms with Gasteiger partial charge in [0.25, 0.3) is 0 Å².